The van der Waals surface area contributed by atoms with E-state index in [0.29, 0.717) is 5.69 Å². The summed E-state index contributed by atoms with van der Waals surface area (Å²) in [5.74, 6) is -0.589. The van der Waals surface area contributed by atoms with Crippen LogP contribution >= 0.6 is 15.9 Å². The SMILES string of the molecule is CC(N)(C(=O)Nc1ccc(OC(F)(F)F)c(Br)c1)C1CC1. The highest BCUT2D eigenvalue weighted by molar-refractivity contribution is 9.10. The standard InChI is InChI=1S/C13H14BrF3N2O2/c1-12(18,7-2-3-7)11(20)19-8-4-5-10(9(14)6-8)21-13(15,16)17/h4-7H,2-3,18H2,1H3,(H,19,20). The molecular formula is C13H14BrF3N2O2. The smallest absolute Gasteiger partial charge is 0.405 e. The number of carbonyl (C=O) groups is 1. The zero-order valence-electron chi connectivity index (χ0n) is 11.1. The molecule has 0 aromatic heterocycles. The number of alkyl halides is 3. The molecule has 21 heavy (non-hydrogen) atoms. The van der Waals surface area contributed by atoms with Crippen LogP contribution in [0.2, 0.25) is 0 Å². The molecule has 0 aliphatic heterocycles. The highest BCUT2D eigenvalue weighted by Gasteiger charge is 2.44. The Morgan fingerprint density at radius 3 is 2.52 bits per heavy atom. The van der Waals surface area contributed by atoms with E-state index in [4.69, 9.17) is 5.73 Å². The first kappa shape index (κ1) is 16.1. The predicted octanol–water partition coefficient (Wildman–Crippen LogP) is 3.41. The third-order valence-electron chi connectivity index (χ3n) is 3.33. The number of amides is 1. The summed E-state index contributed by atoms with van der Waals surface area (Å²) in [4.78, 5) is 12.1. The molecule has 3 N–H and O–H groups in total. The average molecular weight is 367 g/mol. The van der Waals surface area contributed by atoms with E-state index in [1.165, 1.54) is 12.1 Å². The molecule has 1 atom stereocenters. The molecule has 0 spiro atoms. The highest BCUT2D eigenvalue weighted by Crippen LogP contribution is 2.39. The molecule has 0 saturated heterocycles. The predicted molar refractivity (Wildman–Crippen MR) is 74.8 cm³/mol. The van der Waals surface area contributed by atoms with Crippen LogP contribution < -0.4 is 15.8 Å². The second-order valence-electron chi connectivity index (χ2n) is 5.20. The number of rotatable bonds is 4. The van der Waals surface area contributed by atoms with Crippen molar-refractivity contribution in [3.63, 3.8) is 0 Å². The van der Waals surface area contributed by atoms with Gasteiger partial charge in [-0.1, -0.05) is 0 Å². The summed E-state index contributed by atoms with van der Waals surface area (Å²) < 4.78 is 40.4. The highest BCUT2D eigenvalue weighted by atomic mass is 79.9. The molecule has 1 fully saturated rings. The van der Waals surface area contributed by atoms with Crippen LogP contribution in [0.4, 0.5) is 18.9 Å². The second-order valence-corrected chi connectivity index (χ2v) is 6.06. The lowest BCUT2D eigenvalue weighted by Crippen LogP contribution is -2.50. The molecule has 8 heteroatoms. The van der Waals surface area contributed by atoms with Crippen LogP contribution in [0.1, 0.15) is 19.8 Å². The van der Waals surface area contributed by atoms with Crippen molar-refractivity contribution in [2.75, 3.05) is 5.32 Å². The van der Waals surface area contributed by atoms with Gasteiger partial charge in [0.2, 0.25) is 5.91 Å². The van der Waals surface area contributed by atoms with Gasteiger partial charge in [0.15, 0.2) is 0 Å². The zero-order valence-corrected chi connectivity index (χ0v) is 12.7. The van der Waals surface area contributed by atoms with E-state index in [0.717, 1.165) is 18.9 Å². The molecule has 116 valence electrons. The maximum atomic E-state index is 12.2. The van der Waals surface area contributed by atoms with Gasteiger partial charge in [-0.2, -0.15) is 0 Å². The van der Waals surface area contributed by atoms with Crippen LogP contribution in [-0.2, 0) is 4.79 Å². The Labute approximate surface area is 128 Å². The first-order valence-electron chi connectivity index (χ1n) is 6.25. The van der Waals surface area contributed by atoms with E-state index in [1.807, 2.05) is 0 Å². The first-order valence-corrected chi connectivity index (χ1v) is 7.04. The van der Waals surface area contributed by atoms with Crippen molar-refractivity contribution < 1.29 is 22.7 Å². The number of ether oxygens (including phenoxy) is 1. The van der Waals surface area contributed by atoms with Gasteiger partial charge in [0.25, 0.3) is 0 Å². The molecule has 4 nitrogen and oxygen atoms in total. The lowest BCUT2D eigenvalue weighted by Gasteiger charge is -2.23. The molecule has 1 amide bonds. The molecule has 1 aromatic carbocycles. The molecule has 1 aliphatic carbocycles. The molecule has 0 radical (unpaired) electrons. The summed E-state index contributed by atoms with van der Waals surface area (Å²) in [5.41, 5.74) is 5.33. The molecule has 0 heterocycles. The molecule has 1 saturated carbocycles. The van der Waals surface area contributed by atoms with Gasteiger partial charge in [-0.05, 0) is 59.8 Å². The van der Waals surface area contributed by atoms with Crippen molar-refractivity contribution in [1.82, 2.24) is 0 Å². The largest absolute Gasteiger partial charge is 0.573 e. The number of carbonyl (C=O) groups excluding carboxylic acids is 1. The topological polar surface area (TPSA) is 64.4 Å². The Bertz CT molecular complexity index is 557. The Hall–Kier alpha value is -1.28. The normalized spacial score (nSPS) is 18.0. The average Bonchev–Trinajstić information content (AvgIpc) is 3.15. The van der Waals surface area contributed by atoms with Crippen LogP contribution in [0.3, 0.4) is 0 Å². The van der Waals surface area contributed by atoms with Crippen molar-refractivity contribution in [1.29, 1.82) is 0 Å². The van der Waals surface area contributed by atoms with Gasteiger partial charge >= 0.3 is 6.36 Å². The third kappa shape index (κ3) is 4.10. The van der Waals surface area contributed by atoms with Crippen molar-refractivity contribution in [3.05, 3.63) is 22.7 Å². The van der Waals surface area contributed by atoms with Crippen molar-refractivity contribution in [3.8, 4) is 5.75 Å². The number of halogens is 4. The molecule has 2 rings (SSSR count). The molecule has 1 aliphatic rings. The van der Waals surface area contributed by atoms with E-state index in [9.17, 15) is 18.0 Å². The number of benzene rings is 1. The van der Waals surface area contributed by atoms with Gasteiger partial charge in [0.05, 0.1) is 10.0 Å². The number of hydrogen-bond donors (Lipinski definition) is 2. The molecule has 0 bridgehead atoms. The monoisotopic (exact) mass is 366 g/mol. The fraction of sp³-hybridized carbons (Fsp3) is 0.462. The van der Waals surface area contributed by atoms with Crippen LogP contribution in [0.25, 0.3) is 0 Å². The minimum absolute atomic E-state index is 0.0859. The van der Waals surface area contributed by atoms with E-state index < -0.39 is 11.9 Å². The summed E-state index contributed by atoms with van der Waals surface area (Å²) >= 11 is 2.97. The maximum absolute atomic E-state index is 12.2. The third-order valence-corrected chi connectivity index (χ3v) is 3.95. The lowest BCUT2D eigenvalue weighted by atomic mass is 9.96. The lowest BCUT2D eigenvalue weighted by molar-refractivity contribution is -0.274. The van der Waals surface area contributed by atoms with E-state index in [1.54, 1.807) is 6.92 Å². The summed E-state index contributed by atoms with van der Waals surface area (Å²) in [7, 11) is 0. The Kier molecular flexibility index (Phi) is 4.21. The minimum Gasteiger partial charge on any atom is -0.405 e. The van der Waals surface area contributed by atoms with Gasteiger partial charge in [-0.3, -0.25) is 4.79 Å². The summed E-state index contributed by atoms with van der Waals surface area (Å²) in [5, 5.41) is 2.60. The fourth-order valence-corrected chi connectivity index (χ4v) is 2.38. The van der Waals surface area contributed by atoms with Gasteiger partial charge in [-0.15, -0.1) is 13.2 Å². The van der Waals surface area contributed by atoms with Crippen LogP contribution in [0, 0.1) is 5.92 Å². The molecule has 1 aromatic rings. The summed E-state index contributed by atoms with van der Waals surface area (Å²) in [6.45, 7) is 1.65. The Balaban J connectivity index is 2.08. The Morgan fingerprint density at radius 1 is 1.43 bits per heavy atom. The van der Waals surface area contributed by atoms with E-state index in [-0.39, 0.29) is 22.0 Å². The quantitative estimate of drug-likeness (QED) is 0.857. The first-order chi connectivity index (χ1) is 9.59. The number of nitrogens with one attached hydrogen (secondary N) is 1. The number of anilines is 1. The van der Waals surface area contributed by atoms with Gasteiger partial charge in [0.1, 0.15) is 5.75 Å². The van der Waals surface area contributed by atoms with Crippen molar-refractivity contribution in [2.45, 2.75) is 31.7 Å². The van der Waals surface area contributed by atoms with Crippen LogP contribution in [0.5, 0.6) is 5.75 Å². The van der Waals surface area contributed by atoms with E-state index in [2.05, 4.69) is 26.0 Å². The van der Waals surface area contributed by atoms with Crippen LogP contribution in [0.15, 0.2) is 22.7 Å². The number of hydrogen-bond acceptors (Lipinski definition) is 3. The molecular weight excluding hydrogens is 353 g/mol. The van der Waals surface area contributed by atoms with Gasteiger partial charge < -0.3 is 15.8 Å². The maximum Gasteiger partial charge on any atom is 0.573 e. The van der Waals surface area contributed by atoms with Gasteiger partial charge in [-0.25, -0.2) is 0 Å². The number of nitrogens with two attached hydrogens (primary N) is 1. The zero-order chi connectivity index (χ0) is 15.8. The fourth-order valence-electron chi connectivity index (χ4n) is 1.92. The second kappa shape index (κ2) is 5.49. The van der Waals surface area contributed by atoms with Crippen LogP contribution in [-0.4, -0.2) is 17.8 Å². The van der Waals surface area contributed by atoms with E-state index >= 15 is 0 Å². The molecule has 1 unspecified atom stereocenters. The Morgan fingerprint density at radius 2 is 2.05 bits per heavy atom. The van der Waals surface area contributed by atoms with Crippen molar-refractivity contribution >= 4 is 27.5 Å². The minimum atomic E-state index is -4.77. The summed E-state index contributed by atoms with van der Waals surface area (Å²) in [6, 6.07) is 3.78. The van der Waals surface area contributed by atoms with Gasteiger partial charge in [0, 0.05) is 5.69 Å². The van der Waals surface area contributed by atoms with Crippen molar-refractivity contribution in [2.24, 2.45) is 11.7 Å². The summed E-state index contributed by atoms with van der Waals surface area (Å²) in [6.07, 6.45) is -2.96.